The second-order valence-electron chi connectivity index (χ2n) is 7.56. The van der Waals surface area contributed by atoms with Crippen molar-refractivity contribution in [1.82, 2.24) is 0 Å². The number of para-hydroxylation sites is 1. The number of phenols is 1. The summed E-state index contributed by atoms with van der Waals surface area (Å²) in [6.45, 7) is 4.31. The van der Waals surface area contributed by atoms with Gasteiger partial charge in [-0.15, -0.1) is 0 Å². The van der Waals surface area contributed by atoms with Crippen molar-refractivity contribution < 1.29 is 28.9 Å². The lowest BCUT2D eigenvalue weighted by Crippen LogP contribution is -2.07. The minimum atomic E-state index is -0.973. The molecule has 3 aromatic carbocycles. The van der Waals surface area contributed by atoms with Crippen molar-refractivity contribution in [3.63, 3.8) is 0 Å². The highest BCUT2D eigenvalue weighted by molar-refractivity contribution is 5.91. The fourth-order valence-corrected chi connectivity index (χ4v) is 3.33. The van der Waals surface area contributed by atoms with Gasteiger partial charge >= 0.3 is 5.97 Å². The molecule has 33 heavy (non-hydrogen) atoms. The maximum atomic E-state index is 13.2. The molecule has 0 saturated carbocycles. The van der Waals surface area contributed by atoms with Crippen LogP contribution in [-0.2, 0) is 11.2 Å². The van der Waals surface area contributed by atoms with E-state index >= 15 is 0 Å². The number of benzene rings is 3. The van der Waals surface area contributed by atoms with Crippen LogP contribution in [-0.4, -0.2) is 29.4 Å². The average molecular weight is 451 g/mol. The summed E-state index contributed by atoms with van der Waals surface area (Å²) in [5.41, 5.74) is 3.23. The van der Waals surface area contributed by atoms with Crippen LogP contribution >= 0.6 is 0 Å². The van der Waals surface area contributed by atoms with E-state index in [2.05, 4.69) is 0 Å². The molecule has 172 valence electrons. The van der Waals surface area contributed by atoms with Gasteiger partial charge in [-0.3, -0.25) is 0 Å². The maximum Gasteiger partial charge on any atom is 0.331 e. The van der Waals surface area contributed by atoms with E-state index in [0.717, 1.165) is 11.1 Å². The number of rotatable bonds is 10. The van der Waals surface area contributed by atoms with Crippen LogP contribution in [0, 0.1) is 5.82 Å². The van der Waals surface area contributed by atoms with Gasteiger partial charge in [-0.25, -0.2) is 9.18 Å². The second kappa shape index (κ2) is 11.2. The molecule has 0 amide bonds. The lowest BCUT2D eigenvalue weighted by atomic mass is 10.00. The smallest absolute Gasteiger partial charge is 0.331 e. The number of hydrogen-bond donors (Lipinski definition) is 2. The maximum absolute atomic E-state index is 13.2. The monoisotopic (exact) mass is 450 g/mol. The first-order valence-electron chi connectivity index (χ1n) is 10.8. The van der Waals surface area contributed by atoms with Crippen molar-refractivity contribution in [2.24, 2.45) is 0 Å². The molecule has 2 N–H and O–H groups in total. The van der Waals surface area contributed by atoms with Crippen LogP contribution in [0.4, 0.5) is 4.39 Å². The minimum absolute atomic E-state index is 0.0690. The third kappa shape index (κ3) is 6.35. The SMILES string of the molecule is CCc1cc(-c2ccc(F)cc2)c(O)cc1OCCCOc1ccccc1/C=C(\C)C(=O)O. The first-order valence-corrected chi connectivity index (χ1v) is 10.8. The van der Waals surface area contributed by atoms with Gasteiger partial charge in [-0.1, -0.05) is 37.3 Å². The molecular weight excluding hydrogens is 423 g/mol. The Labute approximate surface area is 192 Å². The van der Waals surface area contributed by atoms with E-state index in [0.29, 0.717) is 48.7 Å². The fraction of sp³-hybridized carbons (Fsp3) is 0.222. The molecule has 0 aromatic heterocycles. The Morgan fingerprint density at radius 3 is 2.33 bits per heavy atom. The molecule has 0 fully saturated rings. The Hall–Kier alpha value is -3.80. The summed E-state index contributed by atoms with van der Waals surface area (Å²) >= 11 is 0. The average Bonchev–Trinajstić information content (AvgIpc) is 2.80. The lowest BCUT2D eigenvalue weighted by Gasteiger charge is -2.15. The molecule has 0 aliphatic carbocycles. The van der Waals surface area contributed by atoms with Gasteiger partial charge in [-0.2, -0.15) is 0 Å². The summed E-state index contributed by atoms with van der Waals surface area (Å²) in [5, 5.41) is 19.6. The molecule has 0 heterocycles. The predicted octanol–water partition coefficient (Wildman–Crippen LogP) is 6.10. The standard InChI is InChI=1S/C27H27FO5/c1-3-19-16-23(20-9-11-22(28)12-10-20)24(29)17-26(19)33-14-6-13-32-25-8-5-4-7-21(25)15-18(2)27(30)31/h4-5,7-12,15-17,29H,3,6,13-14H2,1-2H3,(H,30,31)/b18-15+. The fourth-order valence-electron chi connectivity index (χ4n) is 3.33. The van der Waals surface area contributed by atoms with E-state index in [1.807, 2.05) is 25.1 Å². The van der Waals surface area contributed by atoms with Crippen molar-refractivity contribution in [2.45, 2.75) is 26.7 Å². The Morgan fingerprint density at radius 1 is 1.00 bits per heavy atom. The Balaban J connectivity index is 1.60. The zero-order valence-electron chi connectivity index (χ0n) is 18.7. The number of aliphatic carboxylic acids is 1. The molecule has 0 aliphatic heterocycles. The Morgan fingerprint density at radius 2 is 1.67 bits per heavy atom. The van der Waals surface area contributed by atoms with E-state index < -0.39 is 5.97 Å². The number of carboxylic acid groups (broad SMARTS) is 1. The summed E-state index contributed by atoms with van der Waals surface area (Å²) in [6.07, 6.45) is 2.88. The van der Waals surface area contributed by atoms with Crippen LogP contribution in [0.3, 0.4) is 0 Å². The number of aryl methyl sites for hydroxylation is 1. The van der Waals surface area contributed by atoms with E-state index in [4.69, 9.17) is 14.6 Å². The van der Waals surface area contributed by atoms with Gasteiger partial charge in [0.25, 0.3) is 0 Å². The zero-order chi connectivity index (χ0) is 23.8. The normalized spacial score (nSPS) is 11.3. The number of hydrogen-bond acceptors (Lipinski definition) is 4. The van der Waals surface area contributed by atoms with Crippen LogP contribution in [0.5, 0.6) is 17.2 Å². The quantitative estimate of drug-likeness (QED) is 0.288. The summed E-state index contributed by atoms with van der Waals surface area (Å²) in [6, 6.07) is 16.7. The summed E-state index contributed by atoms with van der Waals surface area (Å²) in [4.78, 5) is 11.1. The van der Waals surface area contributed by atoms with Crippen LogP contribution in [0.1, 0.15) is 31.4 Å². The molecule has 3 aromatic rings. The highest BCUT2D eigenvalue weighted by Gasteiger charge is 2.12. The number of phenolic OH excluding ortho intramolecular Hbond substituents is 1. The predicted molar refractivity (Wildman–Crippen MR) is 126 cm³/mol. The van der Waals surface area contributed by atoms with Gasteiger partial charge in [0.15, 0.2) is 0 Å². The largest absolute Gasteiger partial charge is 0.507 e. The summed E-state index contributed by atoms with van der Waals surface area (Å²) < 4.78 is 24.9. The number of carbonyl (C=O) groups is 1. The number of ether oxygens (including phenoxy) is 2. The van der Waals surface area contributed by atoms with Crippen LogP contribution in [0.2, 0.25) is 0 Å². The van der Waals surface area contributed by atoms with Crippen molar-refractivity contribution in [3.8, 4) is 28.4 Å². The minimum Gasteiger partial charge on any atom is -0.507 e. The van der Waals surface area contributed by atoms with Crippen molar-refractivity contribution in [1.29, 1.82) is 0 Å². The van der Waals surface area contributed by atoms with E-state index in [9.17, 15) is 14.3 Å². The molecule has 5 nitrogen and oxygen atoms in total. The van der Waals surface area contributed by atoms with Gasteiger partial charge in [0.1, 0.15) is 23.1 Å². The molecule has 0 radical (unpaired) electrons. The van der Waals surface area contributed by atoms with Crippen LogP contribution in [0.25, 0.3) is 17.2 Å². The van der Waals surface area contributed by atoms with Gasteiger partial charge in [0.05, 0.1) is 13.2 Å². The molecule has 6 heteroatoms. The van der Waals surface area contributed by atoms with Gasteiger partial charge < -0.3 is 19.7 Å². The molecule has 0 spiro atoms. The number of halogens is 1. The highest BCUT2D eigenvalue weighted by Crippen LogP contribution is 2.36. The Kier molecular flexibility index (Phi) is 8.08. The third-order valence-electron chi connectivity index (χ3n) is 5.15. The van der Waals surface area contributed by atoms with Crippen molar-refractivity contribution >= 4 is 12.0 Å². The van der Waals surface area contributed by atoms with E-state index in [-0.39, 0.29) is 17.1 Å². The van der Waals surface area contributed by atoms with Crippen LogP contribution in [0.15, 0.2) is 66.2 Å². The zero-order valence-corrected chi connectivity index (χ0v) is 18.7. The van der Waals surface area contributed by atoms with Crippen LogP contribution < -0.4 is 9.47 Å². The molecule has 0 bridgehead atoms. The summed E-state index contributed by atoms with van der Waals surface area (Å²) in [7, 11) is 0. The molecule has 0 unspecified atom stereocenters. The second-order valence-corrected chi connectivity index (χ2v) is 7.56. The third-order valence-corrected chi connectivity index (χ3v) is 5.15. The van der Waals surface area contributed by atoms with Gasteiger partial charge in [0, 0.05) is 29.2 Å². The van der Waals surface area contributed by atoms with E-state index in [1.165, 1.54) is 19.1 Å². The molecule has 0 atom stereocenters. The molecule has 0 saturated heterocycles. The number of carboxylic acids is 1. The molecule has 0 aliphatic rings. The highest BCUT2D eigenvalue weighted by atomic mass is 19.1. The number of aromatic hydroxyl groups is 1. The van der Waals surface area contributed by atoms with Gasteiger partial charge in [0.2, 0.25) is 0 Å². The first-order chi connectivity index (χ1) is 15.9. The lowest BCUT2D eigenvalue weighted by molar-refractivity contribution is -0.132. The Bertz CT molecular complexity index is 1140. The first kappa shape index (κ1) is 23.9. The van der Waals surface area contributed by atoms with Crippen molar-refractivity contribution in [3.05, 3.63) is 83.2 Å². The molecular formula is C27H27FO5. The summed E-state index contributed by atoms with van der Waals surface area (Å²) in [5.74, 6) is -0.0279. The molecule has 3 rings (SSSR count). The van der Waals surface area contributed by atoms with Crippen molar-refractivity contribution in [2.75, 3.05) is 13.2 Å². The van der Waals surface area contributed by atoms with Gasteiger partial charge in [-0.05, 0) is 54.8 Å². The topological polar surface area (TPSA) is 76.0 Å². The van der Waals surface area contributed by atoms with E-state index in [1.54, 1.807) is 36.4 Å².